The summed E-state index contributed by atoms with van der Waals surface area (Å²) in [5, 5.41) is 6.57. The highest BCUT2D eigenvalue weighted by molar-refractivity contribution is 6.90. The number of nitrogens with one attached hydrogen (secondary N) is 2. The molecule has 0 radical (unpaired) electrons. The Balaban J connectivity index is 2.73. The number of carbonyl (C=O) groups excluding carboxylic acids is 1. The van der Waals surface area contributed by atoms with Crippen molar-refractivity contribution >= 4 is 31.4 Å². The zero-order valence-electron chi connectivity index (χ0n) is 17.2. The molecule has 2 N–H and O–H groups in total. The Morgan fingerprint density at radius 3 is 2.30 bits per heavy atom. The topological polar surface area (TPSA) is 41.1 Å². The van der Waals surface area contributed by atoms with E-state index in [2.05, 4.69) is 70.2 Å². The van der Waals surface area contributed by atoms with E-state index in [1.165, 1.54) is 0 Å². The lowest BCUT2D eigenvalue weighted by Crippen LogP contribution is -2.51. The number of amides is 2. The fourth-order valence-corrected chi connectivity index (χ4v) is 10.0. The molecule has 0 aliphatic carbocycles. The molecule has 146 valence electrons. The van der Waals surface area contributed by atoms with Crippen LogP contribution in [0.3, 0.4) is 0 Å². The minimum absolute atomic E-state index is 0.244. The molecule has 3 nitrogen and oxygen atoms in total. The van der Waals surface area contributed by atoms with Crippen molar-refractivity contribution in [3.8, 4) is 11.5 Å². The van der Waals surface area contributed by atoms with Gasteiger partial charge < -0.3 is 10.6 Å². The number of anilines is 1. The molecule has 1 aromatic rings. The molecule has 0 saturated heterocycles. The van der Waals surface area contributed by atoms with Crippen LogP contribution in [-0.4, -0.2) is 14.1 Å². The summed E-state index contributed by atoms with van der Waals surface area (Å²) < 4.78 is 0. The highest BCUT2D eigenvalue weighted by Gasteiger charge is 2.43. The summed E-state index contributed by atoms with van der Waals surface area (Å²) in [4.78, 5) is 12.4. The van der Waals surface area contributed by atoms with Gasteiger partial charge in [0, 0.05) is 22.7 Å². The van der Waals surface area contributed by atoms with Gasteiger partial charge in [-0.3, -0.25) is 0 Å². The Morgan fingerprint density at radius 2 is 1.78 bits per heavy atom. The predicted octanol–water partition coefficient (Wildman–Crippen LogP) is 6.47. The van der Waals surface area contributed by atoms with Crippen LogP contribution in [0.25, 0.3) is 0 Å². The number of benzene rings is 1. The van der Waals surface area contributed by atoms with Crippen molar-refractivity contribution in [2.75, 3.05) is 5.32 Å². The Morgan fingerprint density at radius 1 is 1.19 bits per heavy atom. The standard InChI is InChI=1S/C22H31ClN2OSi/c1-8-11-22(12-13-27(15(2)3,16(4)5)17(6)7)19-14-18(23)9-10-20(19)24-21(26)25-22/h8-10,14-17H,1,11H2,2-7H3,(H2,24,25,26). The third-order valence-corrected chi connectivity index (χ3v) is 12.4. The van der Waals surface area contributed by atoms with E-state index in [0.29, 0.717) is 28.1 Å². The third kappa shape index (κ3) is 3.95. The van der Waals surface area contributed by atoms with Crippen LogP contribution in [-0.2, 0) is 5.54 Å². The van der Waals surface area contributed by atoms with E-state index >= 15 is 0 Å². The van der Waals surface area contributed by atoms with E-state index in [-0.39, 0.29) is 6.03 Å². The second-order valence-electron chi connectivity index (χ2n) is 8.31. The second-order valence-corrected chi connectivity index (χ2v) is 14.3. The highest BCUT2D eigenvalue weighted by Crippen LogP contribution is 2.42. The fourth-order valence-electron chi connectivity index (χ4n) is 4.57. The minimum atomic E-state index is -1.94. The quantitative estimate of drug-likeness (QED) is 0.330. The van der Waals surface area contributed by atoms with Crippen molar-refractivity contribution in [3.63, 3.8) is 0 Å². The largest absolute Gasteiger partial charge is 0.320 e. The van der Waals surface area contributed by atoms with Gasteiger partial charge in [-0.15, -0.1) is 12.1 Å². The smallest absolute Gasteiger partial charge is 0.317 e. The first-order valence-electron chi connectivity index (χ1n) is 9.63. The predicted molar refractivity (Wildman–Crippen MR) is 119 cm³/mol. The van der Waals surface area contributed by atoms with Gasteiger partial charge in [0.25, 0.3) is 0 Å². The van der Waals surface area contributed by atoms with Crippen molar-refractivity contribution in [2.24, 2.45) is 0 Å². The SMILES string of the molecule is C=CCC1(C#C[Si](C(C)C)(C(C)C)C(C)C)NC(=O)Nc2ccc(Cl)cc21. The second kappa shape index (κ2) is 8.12. The maximum absolute atomic E-state index is 12.4. The average Bonchev–Trinajstić information content (AvgIpc) is 2.55. The van der Waals surface area contributed by atoms with Crippen LogP contribution in [0.5, 0.6) is 0 Å². The lowest BCUT2D eigenvalue weighted by molar-refractivity contribution is 0.242. The molecule has 5 heteroatoms. The Hall–Kier alpha value is -1.70. The summed E-state index contributed by atoms with van der Waals surface area (Å²) in [6.07, 6.45) is 2.34. The lowest BCUT2D eigenvalue weighted by Gasteiger charge is -2.40. The highest BCUT2D eigenvalue weighted by atomic mass is 35.5. The third-order valence-electron chi connectivity index (χ3n) is 5.83. The maximum atomic E-state index is 12.4. The van der Waals surface area contributed by atoms with Gasteiger partial charge in [-0.25, -0.2) is 4.79 Å². The normalized spacial score (nSPS) is 19.3. The van der Waals surface area contributed by atoms with Crippen LogP contribution in [0.1, 0.15) is 53.5 Å². The minimum Gasteiger partial charge on any atom is -0.317 e. The number of carbonyl (C=O) groups is 1. The number of hydrogen-bond acceptors (Lipinski definition) is 1. The molecule has 2 rings (SSSR count). The molecular weight excluding hydrogens is 372 g/mol. The van der Waals surface area contributed by atoms with E-state index in [1.54, 1.807) is 6.07 Å². The first kappa shape index (κ1) is 21.6. The molecule has 1 aliphatic rings. The van der Waals surface area contributed by atoms with Crippen LogP contribution in [0, 0.1) is 11.5 Å². The van der Waals surface area contributed by atoms with Crippen molar-refractivity contribution in [1.29, 1.82) is 0 Å². The molecule has 1 atom stereocenters. The van der Waals surface area contributed by atoms with Gasteiger partial charge >= 0.3 is 6.03 Å². The van der Waals surface area contributed by atoms with Gasteiger partial charge in [-0.2, -0.15) is 0 Å². The molecule has 27 heavy (non-hydrogen) atoms. The van der Waals surface area contributed by atoms with Crippen molar-refractivity contribution in [3.05, 3.63) is 41.4 Å². The summed E-state index contributed by atoms with van der Waals surface area (Å²) in [5.74, 6) is 3.54. The van der Waals surface area contributed by atoms with Gasteiger partial charge in [0.1, 0.15) is 13.6 Å². The Labute approximate surface area is 170 Å². The number of hydrogen-bond donors (Lipinski definition) is 2. The molecule has 0 saturated carbocycles. The Kier molecular flexibility index (Phi) is 6.50. The summed E-state index contributed by atoms with van der Waals surface area (Å²) in [6.45, 7) is 17.6. The zero-order valence-corrected chi connectivity index (χ0v) is 19.0. The summed E-state index contributed by atoms with van der Waals surface area (Å²) >= 11 is 6.28. The molecule has 1 heterocycles. The first-order chi connectivity index (χ1) is 12.6. The maximum Gasteiger partial charge on any atom is 0.320 e. The number of urea groups is 1. The molecule has 2 amide bonds. The summed E-state index contributed by atoms with van der Waals surface area (Å²) in [6, 6.07) is 5.28. The monoisotopic (exact) mass is 402 g/mol. The number of fused-ring (bicyclic) bond motifs is 1. The van der Waals surface area contributed by atoms with E-state index in [9.17, 15) is 4.79 Å². The van der Waals surface area contributed by atoms with E-state index in [0.717, 1.165) is 11.3 Å². The van der Waals surface area contributed by atoms with Crippen LogP contribution >= 0.6 is 11.6 Å². The molecule has 0 spiro atoms. The van der Waals surface area contributed by atoms with Crippen LogP contribution in [0.15, 0.2) is 30.9 Å². The van der Waals surface area contributed by atoms with Crippen molar-refractivity contribution in [1.82, 2.24) is 5.32 Å². The van der Waals surface area contributed by atoms with Gasteiger partial charge in [-0.1, -0.05) is 65.1 Å². The van der Waals surface area contributed by atoms with E-state index < -0.39 is 13.6 Å². The zero-order chi connectivity index (χ0) is 20.4. The fraction of sp³-hybridized carbons (Fsp3) is 0.500. The number of halogens is 1. The summed E-state index contributed by atoms with van der Waals surface area (Å²) in [7, 11) is -1.94. The summed E-state index contributed by atoms with van der Waals surface area (Å²) in [5.41, 5.74) is 6.17. The van der Waals surface area contributed by atoms with E-state index in [4.69, 9.17) is 11.6 Å². The van der Waals surface area contributed by atoms with Gasteiger partial charge in [-0.05, 0) is 34.8 Å². The average molecular weight is 403 g/mol. The first-order valence-corrected chi connectivity index (χ1v) is 12.2. The Bertz CT molecular complexity index is 769. The lowest BCUT2D eigenvalue weighted by atomic mass is 9.85. The van der Waals surface area contributed by atoms with Crippen LogP contribution < -0.4 is 10.6 Å². The molecule has 0 aromatic heterocycles. The van der Waals surface area contributed by atoms with Crippen molar-refractivity contribution in [2.45, 2.75) is 70.1 Å². The van der Waals surface area contributed by atoms with Gasteiger partial charge in [0.05, 0.1) is 0 Å². The van der Waals surface area contributed by atoms with E-state index in [1.807, 2.05) is 18.2 Å². The molecular formula is C22H31ClN2OSi. The molecule has 1 aromatic carbocycles. The van der Waals surface area contributed by atoms with Crippen molar-refractivity contribution < 1.29 is 4.79 Å². The van der Waals surface area contributed by atoms with Gasteiger partial charge in [0.15, 0.2) is 0 Å². The molecule has 0 bridgehead atoms. The van der Waals surface area contributed by atoms with Gasteiger partial charge in [0.2, 0.25) is 0 Å². The number of rotatable bonds is 5. The molecule has 1 aliphatic heterocycles. The molecule has 0 fully saturated rings. The molecule has 1 unspecified atom stereocenters. The van der Waals surface area contributed by atoms with Crippen LogP contribution in [0.4, 0.5) is 10.5 Å². The van der Waals surface area contributed by atoms with Crippen LogP contribution in [0.2, 0.25) is 21.6 Å².